The maximum atomic E-state index is 14.0. The summed E-state index contributed by atoms with van der Waals surface area (Å²) in [6.07, 6.45) is 3.48. The lowest BCUT2D eigenvalue weighted by Crippen LogP contribution is -2.24. The van der Waals surface area contributed by atoms with Crippen LogP contribution in [0.4, 0.5) is 4.39 Å². The summed E-state index contributed by atoms with van der Waals surface area (Å²) in [4.78, 5) is 4.09. The number of hydrogen-bond donors (Lipinski definition) is 1. The quantitative estimate of drug-likeness (QED) is 0.940. The molecule has 0 radical (unpaired) electrons. The van der Waals surface area contributed by atoms with Crippen molar-refractivity contribution < 1.29 is 4.39 Å². The molecule has 0 aliphatic heterocycles. The molecule has 0 spiro atoms. The van der Waals surface area contributed by atoms with Crippen molar-refractivity contribution in [1.29, 1.82) is 0 Å². The molecule has 1 atom stereocenters. The molecule has 0 saturated heterocycles. The van der Waals surface area contributed by atoms with Crippen LogP contribution in [0.3, 0.4) is 0 Å². The smallest absolute Gasteiger partial charge is 0.128 e. The van der Waals surface area contributed by atoms with E-state index in [2.05, 4.69) is 26.2 Å². The fourth-order valence-corrected chi connectivity index (χ4v) is 2.34. The number of halogens is 2. The summed E-state index contributed by atoms with van der Waals surface area (Å²) in [5.74, 6) is -0.217. The van der Waals surface area contributed by atoms with Crippen molar-refractivity contribution >= 4 is 15.9 Å². The summed E-state index contributed by atoms with van der Waals surface area (Å²) in [6, 6.07) is 4.78. The molecule has 18 heavy (non-hydrogen) atoms. The van der Waals surface area contributed by atoms with Crippen LogP contribution in [0.5, 0.6) is 0 Å². The third kappa shape index (κ3) is 2.62. The Hall–Kier alpha value is -1.20. The first-order valence-corrected chi connectivity index (χ1v) is 6.57. The highest BCUT2D eigenvalue weighted by atomic mass is 79.9. The highest BCUT2D eigenvalue weighted by Crippen LogP contribution is 2.26. The molecular weight excluding hydrogens is 297 g/mol. The second-order valence-corrected chi connectivity index (χ2v) is 5.00. The summed E-state index contributed by atoms with van der Waals surface area (Å²) >= 11 is 3.38. The Kier molecular flexibility index (Phi) is 4.14. The SMILES string of the molecule is CCNC(c1cc(Br)ccc1F)c1cncn1C. The monoisotopic (exact) mass is 311 g/mol. The number of rotatable bonds is 4. The predicted octanol–water partition coefficient (Wildman–Crippen LogP) is 3.02. The Bertz CT molecular complexity index is 539. The van der Waals surface area contributed by atoms with Crippen molar-refractivity contribution in [3.63, 3.8) is 0 Å². The van der Waals surface area contributed by atoms with Gasteiger partial charge >= 0.3 is 0 Å². The van der Waals surface area contributed by atoms with Crippen molar-refractivity contribution in [1.82, 2.24) is 14.9 Å². The molecule has 1 N–H and O–H groups in total. The van der Waals surface area contributed by atoms with Gasteiger partial charge in [0.15, 0.2) is 0 Å². The first-order chi connectivity index (χ1) is 8.63. The number of nitrogens with one attached hydrogen (secondary N) is 1. The number of benzene rings is 1. The molecule has 3 nitrogen and oxygen atoms in total. The van der Waals surface area contributed by atoms with Gasteiger partial charge in [-0.3, -0.25) is 0 Å². The summed E-state index contributed by atoms with van der Waals surface area (Å²) in [5.41, 5.74) is 1.56. The van der Waals surface area contributed by atoms with E-state index in [4.69, 9.17) is 0 Å². The minimum absolute atomic E-state index is 0.194. The summed E-state index contributed by atoms with van der Waals surface area (Å²) in [6.45, 7) is 2.75. The van der Waals surface area contributed by atoms with Crippen molar-refractivity contribution in [2.24, 2.45) is 7.05 Å². The van der Waals surface area contributed by atoms with E-state index in [1.165, 1.54) is 6.07 Å². The van der Waals surface area contributed by atoms with Crippen molar-refractivity contribution in [3.8, 4) is 0 Å². The van der Waals surface area contributed by atoms with Crippen LogP contribution in [0.1, 0.15) is 24.2 Å². The van der Waals surface area contributed by atoms with Crippen LogP contribution in [0.25, 0.3) is 0 Å². The van der Waals surface area contributed by atoms with Crippen LogP contribution >= 0.6 is 15.9 Å². The first kappa shape index (κ1) is 13.2. The van der Waals surface area contributed by atoms with Gasteiger partial charge in [-0.15, -0.1) is 0 Å². The third-order valence-corrected chi connectivity index (χ3v) is 3.32. The molecule has 0 aliphatic rings. The maximum absolute atomic E-state index is 14.0. The number of imidazole rings is 1. The van der Waals surface area contributed by atoms with Gasteiger partial charge in [-0.25, -0.2) is 9.37 Å². The Morgan fingerprint density at radius 1 is 1.50 bits per heavy atom. The maximum Gasteiger partial charge on any atom is 0.128 e. The molecule has 0 aliphatic carbocycles. The van der Waals surface area contributed by atoms with Crippen molar-refractivity contribution in [3.05, 3.63) is 52.3 Å². The normalized spacial score (nSPS) is 12.7. The van der Waals surface area contributed by atoms with E-state index in [0.717, 1.165) is 16.7 Å². The lowest BCUT2D eigenvalue weighted by atomic mass is 10.0. The van der Waals surface area contributed by atoms with Crippen LogP contribution in [0.15, 0.2) is 35.2 Å². The van der Waals surface area contributed by atoms with E-state index in [0.29, 0.717) is 5.56 Å². The number of aryl methyl sites for hydroxylation is 1. The number of aromatic nitrogens is 2. The van der Waals surface area contributed by atoms with Crippen LogP contribution in [0.2, 0.25) is 0 Å². The van der Waals surface area contributed by atoms with Gasteiger partial charge in [-0.2, -0.15) is 0 Å². The van der Waals surface area contributed by atoms with E-state index in [-0.39, 0.29) is 11.9 Å². The highest BCUT2D eigenvalue weighted by molar-refractivity contribution is 9.10. The van der Waals surface area contributed by atoms with Gasteiger partial charge in [0.05, 0.1) is 24.3 Å². The molecule has 1 heterocycles. The topological polar surface area (TPSA) is 29.9 Å². The molecule has 0 fully saturated rings. The van der Waals surface area contributed by atoms with Gasteiger partial charge in [0, 0.05) is 17.1 Å². The molecule has 0 saturated carbocycles. The van der Waals surface area contributed by atoms with Gasteiger partial charge in [0.25, 0.3) is 0 Å². The van der Waals surface area contributed by atoms with Gasteiger partial charge in [0.2, 0.25) is 0 Å². The Balaban J connectivity index is 2.48. The third-order valence-electron chi connectivity index (χ3n) is 2.83. The lowest BCUT2D eigenvalue weighted by Gasteiger charge is -2.19. The van der Waals surface area contributed by atoms with Crippen LogP contribution in [0, 0.1) is 5.82 Å². The van der Waals surface area contributed by atoms with E-state index < -0.39 is 0 Å². The molecule has 1 aromatic heterocycles. The largest absolute Gasteiger partial charge is 0.336 e. The van der Waals surface area contributed by atoms with Gasteiger partial charge in [0.1, 0.15) is 5.82 Å². The van der Waals surface area contributed by atoms with Crippen LogP contribution in [-0.2, 0) is 7.05 Å². The van der Waals surface area contributed by atoms with E-state index >= 15 is 0 Å². The highest BCUT2D eigenvalue weighted by Gasteiger charge is 2.19. The average molecular weight is 312 g/mol. The van der Waals surface area contributed by atoms with E-state index in [1.807, 2.05) is 18.5 Å². The molecule has 2 aromatic rings. The summed E-state index contributed by atoms with van der Waals surface area (Å²) < 4.78 is 16.7. The van der Waals surface area contributed by atoms with E-state index in [1.54, 1.807) is 24.7 Å². The second-order valence-electron chi connectivity index (χ2n) is 4.09. The minimum Gasteiger partial charge on any atom is -0.336 e. The molecule has 0 amide bonds. The Morgan fingerprint density at radius 3 is 2.89 bits per heavy atom. The number of hydrogen-bond acceptors (Lipinski definition) is 2. The molecule has 1 aromatic carbocycles. The average Bonchev–Trinajstić information content (AvgIpc) is 2.76. The fraction of sp³-hybridized carbons (Fsp3) is 0.308. The second kappa shape index (κ2) is 5.63. The van der Waals surface area contributed by atoms with E-state index in [9.17, 15) is 4.39 Å². The van der Waals surface area contributed by atoms with Crippen molar-refractivity contribution in [2.45, 2.75) is 13.0 Å². The minimum atomic E-state index is -0.217. The fourth-order valence-electron chi connectivity index (χ4n) is 1.96. The molecule has 1 unspecified atom stereocenters. The Labute approximate surface area is 114 Å². The molecule has 2 rings (SSSR count). The zero-order valence-corrected chi connectivity index (χ0v) is 11.9. The first-order valence-electron chi connectivity index (χ1n) is 5.78. The Morgan fingerprint density at radius 2 is 2.28 bits per heavy atom. The number of nitrogens with zero attached hydrogens (tertiary/aromatic N) is 2. The summed E-state index contributed by atoms with van der Waals surface area (Å²) in [5, 5.41) is 3.29. The van der Waals surface area contributed by atoms with Gasteiger partial charge in [-0.05, 0) is 24.7 Å². The summed E-state index contributed by atoms with van der Waals surface area (Å²) in [7, 11) is 1.91. The standard InChI is InChI=1S/C13H15BrFN3/c1-3-17-13(12-7-16-8-18(12)2)10-6-9(14)4-5-11(10)15/h4-8,13,17H,3H2,1-2H3. The molecular formula is C13H15BrFN3. The molecule has 96 valence electrons. The molecule has 0 bridgehead atoms. The molecule has 5 heteroatoms. The zero-order valence-electron chi connectivity index (χ0n) is 10.3. The van der Waals surface area contributed by atoms with Crippen LogP contribution < -0.4 is 5.32 Å². The lowest BCUT2D eigenvalue weighted by molar-refractivity contribution is 0.541. The van der Waals surface area contributed by atoms with Crippen LogP contribution in [-0.4, -0.2) is 16.1 Å². The predicted molar refractivity (Wildman–Crippen MR) is 72.8 cm³/mol. The zero-order chi connectivity index (χ0) is 13.1. The van der Waals surface area contributed by atoms with Gasteiger partial charge in [-0.1, -0.05) is 22.9 Å². The van der Waals surface area contributed by atoms with Gasteiger partial charge < -0.3 is 9.88 Å². The van der Waals surface area contributed by atoms with Crippen molar-refractivity contribution in [2.75, 3.05) is 6.54 Å².